The van der Waals surface area contributed by atoms with Gasteiger partial charge >= 0.3 is 0 Å². The first-order valence-corrected chi connectivity index (χ1v) is 10.0. The van der Waals surface area contributed by atoms with Crippen molar-refractivity contribution in [3.8, 4) is 0 Å². The molecular formula is C20H25FN4O4. The van der Waals surface area contributed by atoms with Crippen molar-refractivity contribution >= 4 is 29.1 Å². The van der Waals surface area contributed by atoms with Crippen molar-refractivity contribution in [3.63, 3.8) is 0 Å². The fourth-order valence-corrected chi connectivity index (χ4v) is 3.98. The molecule has 0 spiro atoms. The van der Waals surface area contributed by atoms with Crippen LogP contribution in [0.2, 0.25) is 0 Å². The molecule has 1 atom stereocenters. The molecule has 29 heavy (non-hydrogen) atoms. The highest BCUT2D eigenvalue weighted by Crippen LogP contribution is 2.37. The SMILES string of the molecule is NC(=O)[C@@H](C(=O)Nc1ccc(N2CCOCC2=O)c(F)c1)N(C1CCC1)C1CC1. The summed E-state index contributed by atoms with van der Waals surface area (Å²) in [6, 6.07) is 3.43. The zero-order valence-electron chi connectivity index (χ0n) is 16.1. The number of carbonyl (C=O) groups is 3. The Hall–Kier alpha value is -2.52. The topological polar surface area (TPSA) is 105 Å². The number of benzene rings is 1. The van der Waals surface area contributed by atoms with E-state index in [0.29, 0.717) is 6.61 Å². The Kier molecular flexibility index (Phi) is 5.51. The van der Waals surface area contributed by atoms with E-state index in [0.717, 1.165) is 38.2 Å². The summed E-state index contributed by atoms with van der Waals surface area (Å²) in [4.78, 5) is 40.2. The number of hydrogen-bond acceptors (Lipinski definition) is 5. The molecule has 3 amide bonds. The van der Waals surface area contributed by atoms with Gasteiger partial charge in [-0.3, -0.25) is 19.3 Å². The third kappa shape index (κ3) is 4.11. The van der Waals surface area contributed by atoms with Gasteiger partial charge in [-0.05, 0) is 43.9 Å². The highest BCUT2D eigenvalue weighted by molar-refractivity contribution is 6.09. The number of carbonyl (C=O) groups excluding carboxylic acids is 3. The van der Waals surface area contributed by atoms with Gasteiger partial charge in [-0.2, -0.15) is 0 Å². The Bertz CT molecular complexity index is 825. The van der Waals surface area contributed by atoms with Gasteiger partial charge in [0.1, 0.15) is 12.4 Å². The Morgan fingerprint density at radius 3 is 2.52 bits per heavy atom. The third-order valence-corrected chi connectivity index (χ3v) is 5.77. The molecule has 0 aromatic heterocycles. The van der Waals surface area contributed by atoms with Gasteiger partial charge in [-0.1, -0.05) is 6.42 Å². The maximum Gasteiger partial charge on any atom is 0.253 e. The second-order valence-corrected chi connectivity index (χ2v) is 7.82. The molecule has 1 heterocycles. The third-order valence-electron chi connectivity index (χ3n) is 5.77. The number of morpholine rings is 1. The zero-order valence-corrected chi connectivity index (χ0v) is 16.1. The molecule has 8 nitrogen and oxygen atoms in total. The Balaban J connectivity index is 1.49. The Morgan fingerprint density at radius 1 is 1.24 bits per heavy atom. The van der Waals surface area contributed by atoms with Crippen LogP contribution >= 0.6 is 0 Å². The zero-order chi connectivity index (χ0) is 20.5. The largest absolute Gasteiger partial charge is 0.370 e. The molecule has 2 aliphatic carbocycles. The average Bonchev–Trinajstić information content (AvgIpc) is 3.45. The van der Waals surface area contributed by atoms with E-state index in [1.807, 2.05) is 4.90 Å². The fraction of sp³-hybridized carbons (Fsp3) is 0.550. The van der Waals surface area contributed by atoms with E-state index >= 15 is 0 Å². The number of rotatable bonds is 7. The van der Waals surface area contributed by atoms with Crippen LogP contribution in [-0.2, 0) is 19.1 Å². The van der Waals surface area contributed by atoms with E-state index in [4.69, 9.17) is 10.5 Å². The number of primary amides is 1. The molecule has 4 rings (SSSR count). The van der Waals surface area contributed by atoms with Crippen LogP contribution in [-0.4, -0.2) is 60.5 Å². The molecule has 0 radical (unpaired) electrons. The molecule has 2 saturated carbocycles. The first-order valence-electron chi connectivity index (χ1n) is 10.0. The van der Waals surface area contributed by atoms with Crippen LogP contribution in [0, 0.1) is 5.82 Å². The van der Waals surface area contributed by atoms with Crippen molar-refractivity contribution in [1.82, 2.24) is 4.90 Å². The lowest BCUT2D eigenvalue weighted by Gasteiger charge is -2.40. The minimum Gasteiger partial charge on any atom is -0.370 e. The summed E-state index contributed by atoms with van der Waals surface area (Å²) < 4.78 is 19.7. The number of halogens is 1. The summed E-state index contributed by atoms with van der Waals surface area (Å²) in [6.45, 7) is 0.515. The molecule has 3 fully saturated rings. The second kappa shape index (κ2) is 8.08. The van der Waals surface area contributed by atoms with Crippen molar-refractivity contribution < 1.29 is 23.5 Å². The quantitative estimate of drug-likeness (QED) is 0.660. The Labute approximate surface area is 168 Å². The number of nitrogens with two attached hydrogens (primary N) is 1. The lowest BCUT2D eigenvalue weighted by Crippen LogP contribution is -2.58. The highest BCUT2D eigenvalue weighted by Gasteiger charge is 2.45. The van der Waals surface area contributed by atoms with Crippen LogP contribution in [0.25, 0.3) is 0 Å². The minimum atomic E-state index is -1.07. The molecule has 9 heteroatoms. The van der Waals surface area contributed by atoms with E-state index in [2.05, 4.69) is 5.32 Å². The molecule has 1 aromatic rings. The van der Waals surface area contributed by atoms with E-state index in [1.165, 1.54) is 17.0 Å². The van der Waals surface area contributed by atoms with Crippen LogP contribution in [0.1, 0.15) is 32.1 Å². The van der Waals surface area contributed by atoms with Gasteiger partial charge in [0.2, 0.25) is 5.91 Å². The number of ether oxygens (including phenoxy) is 1. The molecule has 156 valence electrons. The molecule has 3 aliphatic rings. The normalized spacial score (nSPS) is 21.0. The first kappa shape index (κ1) is 19.8. The lowest BCUT2D eigenvalue weighted by molar-refractivity contribution is -0.135. The van der Waals surface area contributed by atoms with Crippen molar-refractivity contribution in [2.45, 2.75) is 50.2 Å². The number of anilines is 2. The minimum absolute atomic E-state index is 0.0869. The monoisotopic (exact) mass is 404 g/mol. The van der Waals surface area contributed by atoms with E-state index in [9.17, 15) is 18.8 Å². The van der Waals surface area contributed by atoms with Gasteiger partial charge in [-0.15, -0.1) is 0 Å². The van der Waals surface area contributed by atoms with Crippen molar-refractivity contribution in [2.24, 2.45) is 5.73 Å². The summed E-state index contributed by atoms with van der Waals surface area (Å²) in [5.41, 5.74) is 5.92. The predicted octanol–water partition coefficient (Wildman–Crippen LogP) is 0.998. The standard InChI is InChI=1S/C20H25FN4O4/c21-15-10-12(4-7-16(15)24-8-9-29-11-17(24)26)23-20(28)18(19(22)27)25(14-5-6-14)13-2-1-3-13/h4,7,10,13-14,18H,1-3,5-6,8-9,11H2,(H2,22,27)(H,23,28)/t18-/m0/s1. The summed E-state index contributed by atoms with van der Waals surface area (Å²) in [5.74, 6) is -2.20. The van der Waals surface area contributed by atoms with E-state index in [1.54, 1.807) is 0 Å². The number of nitrogens with one attached hydrogen (secondary N) is 1. The van der Waals surface area contributed by atoms with Gasteiger partial charge in [0.05, 0.1) is 12.3 Å². The van der Waals surface area contributed by atoms with Crippen molar-refractivity contribution in [3.05, 3.63) is 24.0 Å². The van der Waals surface area contributed by atoms with Crippen LogP contribution in [0.3, 0.4) is 0 Å². The second-order valence-electron chi connectivity index (χ2n) is 7.82. The van der Waals surface area contributed by atoms with E-state index < -0.39 is 23.7 Å². The fourth-order valence-electron chi connectivity index (χ4n) is 3.98. The number of nitrogens with zero attached hydrogens (tertiary/aromatic N) is 2. The van der Waals surface area contributed by atoms with Crippen molar-refractivity contribution in [2.75, 3.05) is 30.0 Å². The molecule has 1 aromatic carbocycles. The van der Waals surface area contributed by atoms with Gasteiger partial charge in [-0.25, -0.2) is 4.39 Å². The molecule has 1 saturated heterocycles. The first-order chi connectivity index (χ1) is 14.0. The maximum atomic E-state index is 14.6. The highest BCUT2D eigenvalue weighted by atomic mass is 19.1. The Morgan fingerprint density at radius 2 is 1.97 bits per heavy atom. The lowest BCUT2D eigenvalue weighted by atomic mass is 9.89. The van der Waals surface area contributed by atoms with Crippen LogP contribution in [0.4, 0.5) is 15.8 Å². The van der Waals surface area contributed by atoms with Crippen molar-refractivity contribution in [1.29, 1.82) is 0 Å². The molecule has 0 bridgehead atoms. The van der Waals surface area contributed by atoms with Gasteiger partial charge in [0.15, 0.2) is 6.04 Å². The summed E-state index contributed by atoms with van der Waals surface area (Å²) in [7, 11) is 0. The van der Waals surface area contributed by atoms with Gasteiger partial charge in [0, 0.05) is 24.3 Å². The van der Waals surface area contributed by atoms with Crippen LogP contribution < -0.4 is 16.0 Å². The molecular weight excluding hydrogens is 379 g/mol. The summed E-state index contributed by atoms with van der Waals surface area (Å²) in [5, 5.41) is 2.62. The van der Waals surface area contributed by atoms with Crippen LogP contribution in [0.5, 0.6) is 0 Å². The average molecular weight is 404 g/mol. The van der Waals surface area contributed by atoms with E-state index in [-0.39, 0.29) is 42.5 Å². The predicted molar refractivity (Wildman–Crippen MR) is 104 cm³/mol. The molecule has 3 N–H and O–H groups in total. The summed E-state index contributed by atoms with van der Waals surface area (Å²) >= 11 is 0. The summed E-state index contributed by atoms with van der Waals surface area (Å²) in [6.07, 6.45) is 4.87. The number of hydrogen-bond donors (Lipinski definition) is 2. The smallest absolute Gasteiger partial charge is 0.253 e. The van der Waals surface area contributed by atoms with Gasteiger partial charge in [0.25, 0.3) is 11.8 Å². The molecule has 0 unspecified atom stereocenters. The molecule has 1 aliphatic heterocycles. The maximum absolute atomic E-state index is 14.6. The van der Waals surface area contributed by atoms with Gasteiger partial charge < -0.3 is 20.7 Å². The number of amides is 3. The van der Waals surface area contributed by atoms with Crippen LogP contribution in [0.15, 0.2) is 18.2 Å².